The van der Waals surface area contributed by atoms with Crippen LogP contribution in [0.3, 0.4) is 0 Å². The summed E-state index contributed by atoms with van der Waals surface area (Å²) in [7, 11) is 0. The number of aromatic nitrogens is 2. The number of hydrogen-bond donors (Lipinski definition) is 2. The SMILES string of the molecule is O=C(O)CC1COCCN1C(=O)c1cn[nH]c1. The Balaban J connectivity index is 2.10. The Morgan fingerprint density at radius 1 is 1.65 bits per heavy atom. The molecule has 1 fully saturated rings. The van der Waals surface area contributed by atoms with E-state index in [1.165, 1.54) is 17.3 Å². The molecule has 0 spiro atoms. The fourth-order valence-electron chi connectivity index (χ4n) is 1.83. The number of carboxylic acids is 1. The highest BCUT2D eigenvalue weighted by molar-refractivity contribution is 5.94. The number of rotatable bonds is 3. The van der Waals surface area contributed by atoms with E-state index in [2.05, 4.69) is 10.2 Å². The van der Waals surface area contributed by atoms with Crippen molar-refractivity contribution in [1.82, 2.24) is 15.1 Å². The lowest BCUT2D eigenvalue weighted by atomic mass is 10.1. The molecule has 2 heterocycles. The number of ether oxygens (including phenoxy) is 1. The molecular formula is C10H13N3O4. The quantitative estimate of drug-likeness (QED) is 0.756. The van der Waals surface area contributed by atoms with Crippen LogP contribution in [0.25, 0.3) is 0 Å². The molecule has 1 aliphatic rings. The number of hydrogen-bond acceptors (Lipinski definition) is 4. The van der Waals surface area contributed by atoms with Gasteiger partial charge in [-0.05, 0) is 0 Å². The molecular weight excluding hydrogens is 226 g/mol. The zero-order valence-corrected chi connectivity index (χ0v) is 9.13. The van der Waals surface area contributed by atoms with Gasteiger partial charge in [-0.2, -0.15) is 5.10 Å². The number of aromatic amines is 1. The van der Waals surface area contributed by atoms with E-state index >= 15 is 0 Å². The first-order valence-corrected chi connectivity index (χ1v) is 5.28. The fourth-order valence-corrected chi connectivity index (χ4v) is 1.83. The minimum absolute atomic E-state index is 0.108. The van der Waals surface area contributed by atoms with Crippen molar-refractivity contribution in [3.8, 4) is 0 Å². The van der Waals surface area contributed by atoms with Gasteiger partial charge in [0.2, 0.25) is 0 Å². The van der Waals surface area contributed by atoms with Gasteiger partial charge in [-0.15, -0.1) is 0 Å². The van der Waals surface area contributed by atoms with Crippen LogP contribution in [0.2, 0.25) is 0 Å². The number of carbonyl (C=O) groups excluding carboxylic acids is 1. The monoisotopic (exact) mass is 239 g/mol. The molecule has 2 rings (SSSR count). The first-order valence-electron chi connectivity index (χ1n) is 5.28. The van der Waals surface area contributed by atoms with Crippen molar-refractivity contribution in [1.29, 1.82) is 0 Å². The highest BCUT2D eigenvalue weighted by atomic mass is 16.5. The minimum atomic E-state index is -0.939. The Hall–Kier alpha value is -1.89. The van der Waals surface area contributed by atoms with Gasteiger partial charge in [0.05, 0.1) is 37.4 Å². The number of nitrogens with one attached hydrogen (secondary N) is 1. The number of morpholine rings is 1. The minimum Gasteiger partial charge on any atom is -0.481 e. The summed E-state index contributed by atoms with van der Waals surface area (Å²) < 4.78 is 5.20. The molecule has 1 aromatic rings. The van der Waals surface area contributed by atoms with E-state index in [1.807, 2.05) is 0 Å². The second-order valence-electron chi connectivity index (χ2n) is 3.81. The van der Waals surface area contributed by atoms with Gasteiger partial charge in [-0.3, -0.25) is 14.7 Å². The topological polar surface area (TPSA) is 95.5 Å². The zero-order chi connectivity index (χ0) is 12.3. The van der Waals surface area contributed by atoms with Crippen LogP contribution >= 0.6 is 0 Å². The molecule has 0 radical (unpaired) electrons. The predicted molar refractivity (Wildman–Crippen MR) is 56.5 cm³/mol. The third-order valence-corrected chi connectivity index (χ3v) is 2.64. The molecule has 1 aliphatic heterocycles. The van der Waals surface area contributed by atoms with E-state index < -0.39 is 12.0 Å². The zero-order valence-electron chi connectivity index (χ0n) is 9.13. The molecule has 7 nitrogen and oxygen atoms in total. The van der Waals surface area contributed by atoms with Crippen LogP contribution in [0, 0.1) is 0 Å². The van der Waals surface area contributed by atoms with E-state index in [0.717, 1.165) is 0 Å². The Morgan fingerprint density at radius 2 is 2.47 bits per heavy atom. The maximum Gasteiger partial charge on any atom is 0.305 e. The Morgan fingerprint density at radius 3 is 3.12 bits per heavy atom. The summed E-state index contributed by atoms with van der Waals surface area (Å²) >= 11 is 0. The summed E-state index contributed by atoms with van der Waals surface area (Å²) in [6.07, 6.45) is 2.81. The molecule has 17 heavy (non-hydrogen) atoms. The van der Waals surface area contributed by atoms with Crippen molar-refractivity contribution in [3.63, 3.8) is 0 Å². The fraction of sp³-hybridized carbons (Fsp3) is 0.500. The van der Waals surface area contributed by atoms with Crippen molar-refractivity contribution in [3.05, 3.63) is 18.0 Å². The van der Waals surface area contributed by atoms with Crippen molar-refractivity contribution < 1.29 is 19.4 Å². The lowest BCUT2D eigenvalue weighted by Crippen LogP contribution is -2.49. The van der Waals surface area contributed by atoms with Gasteiger partial charge < -0.3 is 14.7 Å². The highest BCUT2D eigenvalue weighted by Gasteiger charge is 2.30. The molecule has 0 bridgehead atoms. The average Bonchev–Trinajstić information content (AvgIpc) is 2.81. The summed E-state index contributed by atoms with van der Waals surface area (Å²) in [5.74, 6) is -1.15. The standard InChI is InChI=1S/C10H13N3O4/c14-9(15)3-8-6-17-2-1-13(8)10(16)7-4-11-12-5-7/h4-5,8H,1-3,6H2,(H,11,12)(H,14,15). The highest BCUT2D eigenvalue weighted by Crippen LogP contribution is 2.14. The van der Waals surface area contributed by atoms with Gasteiger partial charge in [-0.1, -0.05) is 0 Å². The van der Waals surface area contributed by atoms with E-state index in [9.17, 15) is 9.59 Å². The van der Waals surface area contributed by atoms with E-state index in [4.69, 9.17) is 9.84 Å². The molecule has 2 N–H and O–H groups in total. The number of amides is 1. The Labute approximate surface area is 97.4 Å². The molecule has 1 atom stereocenters. The summed E-state index contributed by atoms with van der Waals surface area (Å²) in [6, 6.07) is -0.413. The maximum atomic E-state index is 12.1. The predicted octanol–water partition coefficient (Wildman–Crippen LogP) is -0.275. The van der Waals surface area contributed by atoms with E-state index in [-0.39, 0.29) is 18.9 Å². The molecule has 0 saturated carbocycles. The van der Waals surface area contributed by atoms with Crippen LogP contribution in [-0.4, -0.2) is 57.9 Å². The molecule has 1 saturated heterocycles. The summed E-state index contributed by atoms with van der Waals surface area (Å²) in [5.41, 5.74) is 0.433. The van der Waals surface area contributed by atoms with Crippen molar-refractivity contribution >= 4 is 11.9 Å². The van der Waals surface area contributed by atoms with Crippen molar-refractivity contribution in [2.24, 2.45) is 0 Å². The number of carbonyl (C=O) groups is 2. The van der Waals surface area contributed by atoms with Crippen LogP contribution < -0.4 is 0 Å². The third-order valence-electron chi connectivity index (χ3n) is 2.64. The van der Waals surface area contributed by atoms with Crippen LogP contribution in [0.5, 0.6) is 0 Å². The molecule has 92 valence electrons. The lowest BCUT2D eigenvalue weighted by molar-refractivity contribution is -0.139. The Bertz CT molecular complexity index is 404. The molecule has 7 heteroatoms. The molecule has 1 unspecified atom stereocenters. The third kappa shape index (κ3) is 2.62. The molecule has 1 amide bonds. The van der Waals surface area contributed by atoms with Gasteiger partial charge in [0.15, 0.2) is 0 Å². The van der Waals surface area contributed by atoms with Gasteiger partial charge in [0, 0.05) is 12.7 Å². The Kier molecular flexibility index (Phi) is 3.38. The van der Waals surface area contributed by atoms with Crippen LogP contribution in [-0.2, 0) is 9.53 Å². The van der Waals surface area contributed by atoms with Crippen LogP contribution in [0.15, 0.2) is 12.4 Å². The van der Waals surface area contributed by atoms with E-state index in [1.54, 1.807) is 0 Å². The molecule has 0 aromatic carbocycles. The van der Waals surface area contributed by atoms with Gasteiger partial charge in [-0.25, -0.2) is 0 Å². The number of aliphatic carboxylic acids is 1. The van der Waals surface area contributed by atoms with Crippen LogP contribution in [0.1, 0.15) is 16.8 Å². The maximum absolute atomic E-state index is 12.1. The second kappa shape index (κ2) is 4.96. The normalized spacial score (nSPS) is 20.2. The smallest absolute Gasteiger partial charge is 0.305 e. The summed E-state index contributed by atoms with van der Waals surface area (Å²) in [6.45, 7) is 1.09. The summed E-state index contributed by atoms with van der Waals surface area (Å²) in [4.78, 5) is 24.3. The van der Waals surface area contributed by atoms with Crippen molar-refractivity contribution in [2.45, 2.75) is 12.5 Å². The van der Waals surface area contributed by atoms with Gasteiger partial charge in [0.1, 0.15) is 0 Å². The van der Waals surface area contributed by atoms with Gasteiger partial charge in [0.25, 0.3) is 5.91 Å². The first-order chi connectivity index (χ1) is 8.18. The molecule has 1 aromatic heterocycles. The average molecular weight is 239 g/mol. The number of H-pyrrole nitrogens is 1. The second-order valence-corrected chi connectivity index (χ2v) is 3.81. The van der Waals surface area contributed by atoms with E-state index in [0.29, 0.717) is 18.7 Å². The number of nitrogens with zero attached hydrogens (tertiary/aromatic N) is 2. The largest absolute Gasteiger partial charge is 0.481 e. The van der Waals surface area contributed by atoms with Crippen LogP contribution in [0.4, 0.5) is 0 Å². The van der Waals surface area contributed by atoms with Crippen molar-refractivity contribution in [2.75, 3.05) is 19.8 Å². The van der Waals surface area contributed by atoms with Gasteiger partial charge >= 0.3 is 5.97 Å². The lowest BCUT2D eigenvalue weighted by Gasteiger charge is -2.34. The summed E-state index contributed by atoms with van der Waals surface area (Å²) in [5, 5.41) is 15.0. The number of carboxylic acid groups (broad SMARTS) is 1. The molecule has 0 aliphatic carbocycles. The first kappa shape index (κ1) is 11.6.